The Morgan fingerprint density at radius 2 is 1.75 bits per heavy atom. The third-order valence-electron chi connectivity index (χ3n) is 3.34. The van der Waals surface area contributed by atoms with Crippen LogP contribution in [0.1, 0.15) is 40.0 Å². The van der Waals surface area contributed by atoms with Crippen LogP contribution in [-0.4, -0.2) is 25.2 Å². The Labute approximate surface area is 120 Å². The molecular formula is C16H24O4. The maximum atomic E-state index is 12.1. The second-order valence-corrected chi connectivity index (χ2v) is 5.15. The maximum Gasteiger partial charge on any atom is 0.310 e. The van der Waals surface area contributed by atoms with Crippen molar-refractivity contribution in [1.29, 1.82) is 0 Å². The number of rotatable bonds is 6. The first-order valence-corrected chi connectivity index (χ1v) is 7.15. The maximum absolute atomic E-state index is 12.1. The van der Waals surface area contributed by atoms with E-state index in [0.29, 0.717) is 26.1 Å². The van der Waals surface area contributed by atoms with Gasteiger partial charge in [-0.3, -0.25) is 9.59 Å². The van der Waals surface area contributed by atoms with Crippen molar-refractivity contribution in [3.05, 3.63) is 23.8 Å². The van der Waals surface area contributed by atoms with E-state index in [4.69, 9.17) is 9.47 Å². The van der Waals surface area contributed by atoms with Gasteiger partial charge in [-0.2, -0.15) is 0 Å². The molecule has 0 saturated carbocycles. The number of esters is 2. The van der Waals surface area contributed by atoms with Crippen LogP contribution in [0.3, 0.4) is 0 Å². The minimum Gasteiger partial charge on any atom is -0.466 e. The number of hydrogen-bond acceptors (Lipinski definition) is 4. The van der Waals surface area contributed by atoms with Crippen LogP contribution in [0.5, 0.6) is 0 Å². The smallest absolute Gasteiger partial charge is 0.310 e. The lowest BCUT2D eigenvalue weighted by molar-refractivity contribution is -0.160. The lowest BCUT2D eigenvalue weighted by Crippen LogP contribution is -2.34. The third kappa shape index (κ3) is 4.51. The van der Waals surface area contributed by atoms with Crippen LogP contribution in [0.4, 0.5) is 0 Å². The van der Waals surface area contributed by atoms with E-state index in [2.05, 4.69) is 6.58 Å². The topological polar surface area (TPSA) is 52.6 Å². The molecule has 0 bridgehead atoms. The van der Waals surface area contributed by atoms with Gasteiger partial charge in [0.25, 0.3) is 0 Å². The summed E-state index contributed by atoms with van der Waals surface area (Å²) < 4.78 is 10.2. The van der Waals surface area contributed by atoms with Gasteiger partial charge in [-0.05, 0) is 40.0 Å². The van der Waals surface area contributed by atoms with Crippen LogP contribution in [0.2, 0.25) is 0 Å². The molecule has 0 amide bonds. The second-order valence-electron chi connectivity index (χ2n) is 5.15. The number of carbonyl (C=O) groups is 2. The van der Waals surface area contributed by atoms with Gasteiger partial charge in [-0.1, -0.05) is 23.8 Å². The molecule has 0 fully saturated rings. The Morgan fingerprint density at radius 1 is 1.20 bits per heavy atom. The average molecular weight is 280 g/mol. The summed E-state index contributed by atoms with van der Waals surface area (Å²) in [6.07, 6.45) is 3.89. The van der Waals surface area contributed by atoms with Gasteiger partial charge in [0, 0.05) is 0 Å². The van der Waals surface area contributed by atoms with Crippen LogP contribution in [-0.2, 0) is 19.1 Å². The van der Waals surface area contributed by atoms with E-state index < -0.39 is 11.8 Å². The molecule has 0 heterocycles. The predicted octanol–water partition coefficient (Wildman–Crippen LogP) is 3.03. The van der Waals surface area contributed by atoms with Crippen molar-refractivity contribution in [3.8, 4) is 0 Å². The minimum atomic E-state index is -0.437. The molecule has 0 spiro atoms. The van der Waals surface area contributed by atoms with Gasteiger partial charge >= 0.3 is 11.9 Å². The van der Waals surface area contributed by atoms with E-state index >= 15 is 0 Å². The minimum absolute atomic E-state index is 0.308. The molecule has 0 saturated heterocycles. The molecule has 112 valence electrons. The molecule has 0 radical (unpaired) electrons. The predicted molar refractivity (Wildman–Crippen MR) is 77.0 cm³/mol. The first-order chi connectivity index (χ1) is 9.49. The zero-order valence-corrected chi connectivity index (χ0v) is 12.6. The summed E-state index contributed by atoms with van der Waals surface area (Å²) in [6.45, 7) is 10.0. The zero-order chi connectivity index (χ0) is 15.1. The molecular weight excluding hydrogens is 256 g/mol. The normalized spacial score (nSPS) is 21.9. The number of ether oxygens (including phenoxy) is 2. The molecule has 0 aliphatic heterocycles. The Morgan fingerprint density at radius 3 is 2.25 bits per heavy atom. The fourth-order valence-corrected chi connectivity index (χ4v) is 2.50. The van der Waals surface area contributed by atoms with Crippen molar-refractivity contribution in [2.45, 2.75) is 40.0 Å². The standard InChI is InChI=1S/C16H24O4/c1-5-19-15(17)13-8-7-12(9-11(3)4)10-14(13)16(18)20-6-2/h7,13-14H,3,5-6,8-10H2,1-2,4H3/t13-,14+/m0/s1. The van der Waals surface area contributed by atoms with Gasteiger partial charge in [0.2, 0.25) is 0 Å². The van der Waals surface area contributed by atoms with Crippen molar-refractivity contribution in [2.75, 3.05) is 13.2 Å². The summed E-state index contributed by atoms with van der Waals surface area (Å²) in [7, 11) is 0. The summed E-state index contributed by atoms with van der Waals surface area (Å²) >= 11 is 0. The summed E-state index contributed by atoms with van der Waals surface area (Å²) in [6, 6.07) is 0. The van der Waals surface area contributed by atoms with Gasteiger partial charge in [-0.25, -0.2) is 0 Å². The van der Waals surface area contributed by atoms with Gasteiger partial charge in [0.1, 0.15) is 0 Å². The lowest BCUT2D eigenvalue weighted by atomic mass is 9.78. The van der Waals surface area contributed by atoms with Crippen LogP contribution < -0.4 is 0 Å². The molecule has 20 heavy (non-hydrogen) atoms. The highest BCUT2D eigenvalue weighted by molar-refractivity contribution is 5.83. The molecule has 0 aromatic rings. The van der Waals surface area contributed by atoms with E-state index in [1.807, 2.05) is 13.0 Å². The first-order valence-electron chi connectivity index (χ1n) is 7.15. The summed E-state index contributed by atoms with van der Waals surface area (Å²) in [5, 5.41) is 0. The van der Waals surface area contributed by atoms with Gasteiger partial charge in [0.05, 0.1) is 25.0 Å². The molecule has 4 heteroatoms. The SMILES string of the molecule is C=C(C)CC1=CC[C@H](C(=O)OCC)[C@H](C(=O)OCC)C1. The Kier molecular flexibility index (Phi) is 6.49. The highest BCUT2D eigenvalue weighted by atomic mass is 16.5. The van der Waals surface area contributed by atoms with Crippen LogP contribution in [0, 0.1) is 11.8 Å². The third-order valence-corrected chi connectivity index (χ3v) is 3.34. The van der Waals surface area contributed by atoms with E-state index in [1.165, 1.54) is 0 Å². The van der Waals surface area contributed by atoms with E-state index in [0.717, 1.165) is 17.6 Å². The highest BCUT2D eigenvalue weighted by Gasteiger charge is 2.38. The average Bonchev–Trinajstić information content (AvgIpc) is 2.38. The highest BCUT2D eigenvalue weighted by Crippen LogP contribution is 2.34. The second kappa shape index (κ2) is 7.88. The summed E-state index contributed by atoms with van der Waals surface area (Å²) in [5.74, 6) is -1.48. The molecule has 1 aliphatic rings. The molecule has 4 nitrogen and oxygen atoms in total. The molecule has 0 N–H and O–H groups in total. The largest absolute Gasteiger partial charge is 0.466 e. The molecule has 0 aromatic heterocycles. The molecule has 1 rings (SSSR count). The van der Waals surface area contributed by atoms with Gasteiger partial charge < -0.3 is 9.47 Å². The first kappa shape index (κ1) is 16.5. The van der Waals surface area contributed by atoms with Crippen molar-refractivity contribution < 1.29 is 19.1 Å². The monoisotopic (exact) mass is 280 g/mol. The van der Waals surface area contributed by atoms with E-state index in [1.54, 1.807) is 13.8 Å². The van der Waals surface area contributed by atoms with Crippen LogP contribution in [0.25, 0.3) is 0 Å². The van der Waals surface area contributed by atoms with Gasteiger partial charge in [0.15, 0.2) is 0 Å². The molecule has 2 atom stereocenters. The zero-order valence-electron chi connectivity index (χ0n) is 12.6. The van der Waals surface area contributed by atoms with E-state index in [9.17, 15) is 9.59 Å². The Balaban J connectivity index is 2.86. The summed E-state index contributed by atoms with van der Waals surface area (Å²) in [4.78, 5) is 24.0. The van der Waals surface area contributed by atoms with Gasteiger partial charge in [-0.15, -0.1) is 0 Å². The van der Waals surface area contributed by atoms with Crippen molar-refractivity contribution in [1.82, 2.24) is 0 Å². The Hall–Kier alpha value is -1.58. The molecule has 0 aromatic carbocycles. The van der Waals surface area contributed by atoms with Crippen LogP contribution in [0.15, 0.2) is 23.8 Å². The van der Waals surface area contributed by atoms with Crippen LogP contribution >= 0.6 is 0 Å². The Bertz CT molecular complexity index is 409. The fraction of sp³-hybridized carbons (Fsp3) is 0.625. The van der Waals surface area contributed by atoms with Crippen molar-refractivity contribution >= 4 is 11.9 Å². The number of allylic oxidation sites excluding steroid dienone is 3. The van der Waals surface area contributed by atoms with E-state index in [-0.39, 0.29) is 11.9 Å². The quantitative estimate of drug-likeness (QED) is 0.554. The van der Waals surface area contributed by atoms with Crippen molar-refractivity contribution in [2.24, 2.45) is 11.8 Å². The lowest BCUT2D eigenvalue weighted by Gasteiger charge is -2.28. The number of hydrogen-bond donors (Lipinski definition) is 0. The fourth-order valence-electron chi connectivity index (χ4n) is 2.50. The van der Waals surface area contributed by atoms with Crippen molar-refractivity contribution in [3.63, 3.8) is 0 Å². The summed E-state index contributed by atoms with van der Waals surface area (Å²) in [5.41, 5.74) is 2.20. The number of carbonyl (C=O) groups excluding carboxylic acids is 2. The molecule has 0 unspecified atom stereocenters. The molecule has 1 aliphatic carbocycles.